The van der Waals surface area contributed by atoms with Gasteiger partial charge in [-0.1, -0.05) is 32.4 Å². The zero-order valence-corrected chi connectivity index (χ0v) is 16.1. The monoisotopic (exact) mass is 349 g/mol. The Balaban J connectivity index is 2.30. The zero-order valence-electron chi connectivity index (χ0n) is 15.3. The maximum atomic E-state index is 12.2. The normalized spacial score (nSPS) is 25.6. The molecule has 0 bridgehead atoms. The highest BCUT2D eigenvalue weighted by molar-refractivity contribution is 6.46. The fraction of sp³-hybridized carbons (Fsp3) is 0.600. The second-order valence-electron chi connectivity index (χ2n) is 8.35. The summed E-state index contributed by atoms with van der Waals surface area (Å²) < 4.78 is 0. The molecule has 3 nitrogen and oxygen atoms in total. The topological polar surface area (TPSA) is 49.7 Å². The minimum Gasteiger partial charge on any atom is -0.508 e. The Bertz CT molecular complexity index is 630. The summed E-state index contributed by atoms with van der Waals surface area (Å²) in [5.74, 6) is 0.639. The van der Waals surface area contributed by atoms with Gasteiger partial charge in [-0.05, 0) is 62.1 Å². The van der Waals surface area contributed by atoms with Crippen LogP contribution in [0.25, 0.3) is 0 Å². The van der Waals surface area contributed by atoms with Gasteiger partial charge in [0.1, 0.15) is 11.5 Å². The number of aliphatic imine (C=N–C) groups is 1. The summed E-state index contributed by atoms with van der Waals surface area (Å²) in [4.78, 5) is 17.0. The van der Waals surface area contributed by atoms with Crippen LogP contribution in [0.1, 0.15) is 65.9 Å². The Morgan fingerprint density at radius 2 is 1.83 bits per heavy atom. The van der Waals surface area contributed by atoms with Gasteiger partial charge in [0.15, 0.2) is 5.78 Å². The van der Waals surface area contributed by atoms with Crippen LogP contribution in [0, 0.1) is 11.3 Å². The maximum absolute atomic E-state index is 12.2. The van der Waals surface area contributed by atoms with E-state index in [1.807, 2.05) is 0 Å². The Hall–Kier alpha value is -1.35. The second-order valence-corrected chi connectivity index (χ2v) is 8.79. The van der Waals surface area contributed by atoms with Crippen molar-refractivity contribution < 1.29 is 9.90 Å². The SMILES string of the molecule is CC(=O)C(=NC1(C)CCC(C(C)(C)C)CC1)c1cc(O)cc(Cl)c1. The van der Waals surface area contributed by atoms with Crippen molar-refractivity contribution in [3.63, 3.8) is 0 Å². The highest BCUT2D eigenvalue weighted by atomic mass is 35.5. The lowest BCUT2D eigenvalue weighted by Gasteiger charge is -2.40. The van der Waals surface area contributed by atoms with Crippen LogP contribution in [0.3, 0.4) is 0 Å². The number of phenols is 1. The third kappa shape index (κ3) is 4.60. The van der Waals surface area contributed by atoms with E-state index >= 15 is 0 Å². The van der Waals surface area contributed by atoms with Crippen LogP contribution in [-0.4, -0.2) is 22.1 Å². The molecule has 0 unspecified atom stereocenters. The third-order valence-electron chi connectivity index (χ3n) is 5.16. The average molecular weight is 350 g/mol. The number of aromatic hydroxyl groups is 1. The molecule has 132 valence electrons. The number of nitrogens with zero attached hydrogens (tertiary/aromatic N) is 1. The second kappa shape index (κ2) is 6.87. The van der Waals surface area contributed by atoms with Gasteiger partial charge in [-0.15, -0.1) is 0 Å². The molecule has 1 aliphatic carbocycles. The number of benzene rings is 1. The number of carbonyl (C=O) groups excluding carboxylic acids is 1. The number of halogens is 1. The molecular formula is C20H28ClNO2. The van der Waals surface area contributed by atoms with E-state index in [1.165, 1.54) is 13.0 Å². The first kappa shape index (κ1) is 19.0. The number of ketones is 1. The van der Waals surface area contributed by atoms with Crippen LogP contribution in [-0.2, 0) is 4.79 Å². The molecule has 4 heteroatoms. The molecule has 24 heavy (non-hydrogen) atoms. The number of hydrogen-bond acceptors (Lipinski definition) is 3. The number of phenolic OH excluding ortho intramolecular Hbond substituents is 1. The van der Waals surface area contributed by atoms with Crippen molar-refractivity contribution in [2.24, 2.45) is 16.3 Å². The quantitative estimate of drug-likeness (QED) is 0.741. The molecule has 1 aromatic carbocycles. The van der Waals surface area contributed by atoms with Crippen molar-refractivity contribution >= 4 is 23.1 Å². The Kier molecular flexibility index (Phi) is 5.44. The fourth-order valence-corrected chi connectivity index (χ4v) is 3.77. The van der Waals surface area contributed by atoms with Crippen molar-refractivity contribution in [1.29, 1.82) is 0 Å². The summed E-state index contributed by atoms with van der Waals surface area (Å²) in [7, 11) is 0. The van der Waals surface area contributed by atoms with Crippen molar-refractivity contribution in [3.8, 4) is 5.75 Å². The number of Topliss-reactive ketones (excluding diaryl/α,β-unsaturated/α-hetero) is 1. The van der Waals surface area contributed by atoms with Gasteiger partial charge in [-0.2, -0.15) is 0 Å². The summed E-state index contributed by atoms with van der Waals surface area (Å²) >= 11 is 6.02. The molecular weight excluding hydrogens is 322 g/mol. The molecule has 0 aliphatic heterocycles. The molecule has 1 N–H and O–H groups in total. The largest absolute Gasteiger partial charge is 0.508 e. The van der Waals surface area contributed by atoms with Gasteiger partial charge in [0, 0.05) is 17.5 Å². The first-order chi connectivity index (χ1) is 11.0. The molecule has 0 radical (unpaired) electrons. The predicted octanol–water partition coefficient (Wildman–Crippen LogP) is 5.42. The lowest BCUT2D eigenvalue weighted by Crippen LogP contribution is -2.35. The van der Waals surface area contributed by atoms with E-state index < -0.39 is 0 Å². The van der Waals surface area contributed by atoms with Crippen molar-refractivity contribution in [2.45, 2.75) is 65.8 Å². The minimum atomic E-state index is -0.235. The molecule has 0 heterocycles. The van der Waals surface area contributed by atoms with Crippen molar-refractivity contribution in [1.82, 2.24) is 0 Å². The fourth-order valence-electron chi connectivity index (χ4n) is 3.54. The van der Waals surface area contributed by atoms with Crippen LogP contribution in [0.2, 0.25) is 5.02 Å². The smallest absolute Gasteiger partial charge is 0.178 e. The van der Waals surface area contributed by atoms with E-state index in [2.05, 4.69) is 27.7 Å². The summed E-state index contributed by atoms with van der Waals surface area (Å²) in [5, 5.41) is 10.2. The van der Waals surface area contributed by atoms with Crippen LogP contribution >= 0.6 is 11.6 Å². The Morgan fingerprint density at radius 1 is 1.25 bits per heavy atom. The molecule has 0 saturated heterocycles. The van der Waals surface area contributed by atoms with Gasteiger partial charge in [-0.3, -0.25) is 9.79 Å². The average Bonchev–Trinajstić information content (AvgIpc) is 2.43. The highest BCUT2D eigenvalue weighted by Crippen LogP contribution is 2.43. The number of rotatable bonds is 3. The maximum Gasteiger partial charge on any atom is 0.178 e. The molecule has 0 spiro atoms. The summed E-state index contributed by atoms with van der Waals surface area (Å²) in [5.41, 5.74) is 1.07. The van der Waals surface area contributed by atoms with Crippen molar-refractivity contribution in [3.05, 3.63) is 28.8 Å². The van der Waals surface area contributed by atoms with Crippen LogP contribution in [0.15, 0.2) is 23.2 Å². The van der Waals surface area contributed by atoms with Crippen LogP contribution in [0.5, 0.6) is 5.75 Å². The third-order valence-corrected chi connectivity index (χ3v) is 5.38. The first-order valence-corrected chi connectivity index (χ1v) is 8.99. The van der Waals surface area contributed by atoms with Gasteiger partial charge >= 0.3 is 0 Å². The lowest BCUT2D eigenvalue weighted by molar-refractivity contribution is -0.111. The Morgan fingerprint density at radius 3 is 2.29 bits per heavy atom. The standard InChI is InChI=1S/C20H28ClNO2/c1-13(23)18(14-10-16(21)12-17(24)11-14)22-20(5)8-6-15(7-9-20)19(2,3)4/h10-12,15,24H,6-9H2,1-5H3. The molecule has 1 saturated carbocycles. The molecule has 0 aromatic heterocycles. The van der Waals surface area contributed by atoms with E-state index in [1.54, 1.807) is 12.1 Å². The molecule has 0 atom stereocenters. The van der Waals surface area contributed by atoms with Gasteiger partial charge < -0.3 is 5.11 Å². The minimum absolute atomic E-state index is 0.0491. The highest BCUT2D eigenvalue weighted by Gasteiger charge is 2.36. The molecule has 1 fully saturated rings. The van der Waals surface area contributed by atoms with E-state index in [0.717, 1.165) is 25.7 Å². The molecule has 1 aliphatic rings. The van der Waals surface area contributed by atoms with Crippen LogP contribution in [0.4, 0.5) is 0 Å². The summed E-state index contributed by atoms with van der Waals surface area (Å²) in [6.45, 7) is 10.5. The zero-order chi connectivity index (χ0) is 18.1. The molecule has 1 aromatic rings. The van der Waals surface area contributed by atoms with Crippen LogP contribution < -0.4 is 0 Å². The molecule has 2 rings (SSSR count). The van der Waals surface area contributed by atoms with E-state index in [4.69, 9.17) is 16.6 Å². The summed E-state index contributed by atoms with van der Waals surface area (Å²) in [6, 6.07) is 4.70. The first-order valence-electron chi connectivity index (χ1n) is 8.61. The van der Waals surface area contributed by atoms with E-state index in [9.17, 15) is 9.90 Å². The van der Waals surface area contributed by atoms with Gasteiger partial charge in [0.25, 0.3) is 0 Å². The lowest BCUT2D eigenvalue weighted by atomic mass is 9.68. The Labute approximate surface area is 150 Å². The van der Waals surface area contributed by atoms with Crippen molar-refractivity contribution in [2.75, 3.05) is 0 Å². The van der Waals surface area contributed by atoms with E-state index in [-0.39, 0.29) is 17.1 Å². The predicted molar refractivity (Wildman–Crippen MR) is 100 cm³/mol. The molecule has 0 amide bonds. The van der Waals surface area contributed by atoms with E-state index in [0.29, 0.717) is 27.6 Å². The van der Waals surface area contributed by atoms with Gasteiger partial charge in [-0.25, -0.2) is 0 Å². The van der Waals surface area contributed by atoms with Gasteiger partial charge in [0.2, 0.25) is 0 Å². The number of hydrogen-bond donors (Lipinski definition) is 1. The summed E-state index contributed by atoms with van der Waals surface area (Å²) in [6.07, 6.45) is 4.18. The van der Waals surface area contributed by atoms with Gasteiger partial charge in [0.05, 0.1) is 5.54 Å². The number of carbonyl (C=O) groups is 1.